The minimum atomic E-state index is -0.357. The van der Waals surface area contributed by atoms with Gasteiger partial charge in [0.1, 0.15) is 5.75 Å². The number of methoxy groups -OCH3 is 1. The van der Waals surface area contributed by atoms with Crippen molar-refractivity contribution in [1.82, 2.24) is 5.32 Å². The highest BCUT2D eigenvalue weighted by molar-refractivity contribution is 5.71. The Kier molecular flexibility index (Phi) is 7.62. The van der Waals surface area contributed by atoms with E-state index in [0.29, 0.717) is 25.5 Å². The van der Waals surface area contributed by atoms with E-state index in [4.69, 9.17) is 14.2 Å². The fraction of sp³-hybridized carbons (Fsp3) is 0.500. The van der Waals surface area contributed by atoms with Gasteiger partial charge in [-0.05, 0) is 13.0 Å². The zero-order valence-electron chi connectivity index (χ0n) is 11.5. The molecule has 5 nitrogen and oxygen atoms in total. The number of ether oxygens (including phenoxy) is 3. The molecule has 0 aromatic heterocycles. The number of esters is 1. The van der Waals surface area contributed by atoms with Crippen LogP contribution in [0.3, 0.4) is 0 Å². The van der Waals surface area contributed by atoms with Crippen molar-refractivity contribution in [1.29, 1.82) is 0 Å². The molecular formula is C14H21NO4. The number of benzene rings is 1. The second kappa shape index (κ2) is 9.35. The molecule has 0 aliphatic heterocycles. The summed E-state index contributed by atoms with van der Waals surface area (Å²) >= 11 is 0. The average Bonchev–Trinajstić information content (AvgIpc) is 2.43. The van der Waals surface area contributed by atoms with Crippen molar-refractivity contribution >= 4 is 5.97 Å². The summed E-state index contributed by atoms with van der Waals surface area (Å²) in [7, 11) is 1.66. The highest BCUT2D eigenvalue weighted by atomic mass is 16.6. The number of nitrogens with one attached hydrogen (secondary N) is 1. The second-order valence-corrected chi connectivity index (χ2v) is 3.87. The fourth-order valence-corrected chi connectivity index (χ4v) is 1.53. The van der Waals surface area contributed by atoms with E-state index in [-0.39, 0.29) is 12.6 Å². The van der Waals surface area contributed by atoms with E-state index in [1.165, 1.54) is 0 Å². The predicted molar refractivity (Wildman–Crippen MR) is 72.2 cm³/mol. The predicted octanol–water partition coefficient (Wildman–Crippen LogP) is 1.36. The maximum atomic E-state index is 11.2. The highest BCUT2D eigenvalue weighted by Crippen LogP contribution is 2.17. The van der Waals surface area contributed by atoms with Gasteiger partial charge in [0.25, 0.3) is 0 Å². The summed E-state index contributed by atoms with van der Waals surface area (Å²) in [6, 6.07) is 7.61. The first-order chi connectivity index (χ1) is 9.27. The Hall–Kier alpha value is -1.59. The second-order valence-electron chi connectivity index (χ2n) is 3.87. The van der Waals surface area contributed by atoms with Crippen LogP contribution in [0.25, 0.3) is 0 Å². The van der Waals surface area contributed by atoms with Gasteiger partial charge in [0, 0.05) is 25.8 Å². The Morgan fingerprint density at radius 2 is 2.11 bits per heavy atom. The molecule has 19 heavy (non-hydrogen) atoms. The first-order valence-electron chi connectivity index (χ1n) is 6.34. The fourth-order valence-electron chi connectivity index (χ4n) is 1.53. The molecule has 0 atom stereocenters. The van der Waals surface area contributed by atoms with E-state index in [1.54, 1.807) is 14.0 Å². The monoisotopic (exact) mass is 267 g/mol. The number of rotatable bonds is 9. The number of hydrogen-bond donors (Lipinski definition) is 1. The topological polar surface area (TPSA) is 56.8 Å². The average molecular weight is 267 g/mol. The molecule has 0 radical (unpaired) electrons. The maximum Gasteiger partial charge on any atom is 0.344 e. The number of hydrogen-bond acceptors (Lipinski definition) is 5. The minimum Gasteiger partial charge on any atom is -0.482 e. The van der Waals surface area contributed by atoms with Crippen LogP contribution in [0.1, 0.15) is 12.5 Å². The molecule has 0 saturated carbocycles. The lowest BCUT2D eigenvalue weighted by Crippen LogP contribution is -2.20. The summed E-state index contributed by atoms with van der Waals surface area (Å²) in [5, 5.41) is 3.23. The molecule has 0 aliphatic rings. The smallest absolute Gasteiger partial charge is 0.344 e. The Balaban J connectivity index is 2.45. The number of carbonyl (C=O) groups excluding carboxylic acids is 1. The van der Waals surface area contributed by atoms with Crippen LogP contribution in [0, 0.1) is 0 Å². The summed E-state index contributed by atoms with van der Waals surface area (Å²) in [6.45, 7) is 4.16. The first kappa shape index (κ1) is 15.5. The third kappa shape index (κ3) is 6.22. The number of para-hydroxylation sites is 1. The Labute approximate surface area is 113 Å². The molecule has 1 aromatic carbocycles. The molecule has 1 N–H and O–H groups in total. The molecular weight excluding hydrogens is 246 g/mol. The van der Waals surface area contributed by atoms with Crippen LogP contribution in [0.4, 0.5) is 0 Å². The van der Waals surface area contributed by atoms with Crippen LogP contribution in [-0.4, -0.2) is 39.4 Å². The van der Waals surface area contributed by atoms with E-state index < -0.39 is 0 Å². The quantitative estimate of drug-likeness (QED) is 0.541. The van der Waals surface area contributed by atoms with E-state index in [0.717, 1.165) is 12.1 Å². The van der Waals surface area contributed by atoms with Crippen molar-refractivity contribution < 1.29 is 19.0 Å². The molecule has 106 valence electrons. The van der Waals surface area contributed by atoms with Crippen LogP contribution in [-0.2, 0) is 20.8 Å². The largest absolute Gasteiger partial charge is 0.482 e. The van der Waals surface area contributed by atoms with Crippen molar-refractivity contribution in [2.45, 2.75) is 13.5 Å². The van der Waals surface area contributed by atoms with Gasteiger partial charge in [-0.15, -0.1) is 0 Å². The summed E-state index contributed by atoms with van der Waals surface area (Å²) in [5.74, 6) is 0.338. The van der Waals surface area contributed by atoms with E-state index in [1.807, 2.05) is 24.3 Å². The molecule has 0 saturated heterocycles. The standard InChI is InChI=1S/C14H21NO4/c1-3-18-14(16)11-19-13-7-5-4-6-12(13)10-15-8-9-17-2/h4-7,15H,3,8-11H2,1-2H3. The van der Waals surface area contributed by atoms with Gasteiger partial charge < -0.3 is 19.5 Å². The van der Waals surface area contributed by atoms with Crippen molar-refractivity contribution in [2.75, 3.05) is 33.5 Å². The Bertz CT molecular complexity index is 381. The van der Waals surface area contributed by atoms with E-state index in [9.17, 15) is 4.79 Å². The third-order valence-electron chi connectivity index (χ3n) is 2.42. The zero-order valence-corrected chi connectivity index (χ0v) is 11.5. The summed E-state index contributed by atoms with van der Waals surface area (Å²) in [4.78, 5) is 11.2. The summed E-state index contributed by atoms with van der Waals surface area (Å²) in [6.07, 6.45) is 0. The minimum absolute atomic E-state index is 0.0665. The van der Waals surface area contributed by atoms with Crippen molar-refractivity contribution in [3.63, 3.8) is 0 Å². The third-order valence-corrected chi connectivity index (χ3v) is 2.42. The van der Waals surface area contributed by atoms with Gasteiger partial charge in [0.2, 0.25) is 0 Å². The lowest BCUT2D eigenvalue weighted by molar-refractivity contribution is -0.145. The van der Waals surface area contributed by atoms with Crippen molar-refractivity contribution in [3.05, 3.63) is 29.8 Å². The SMILES string of the molecule is CCOC(=O)COc1ccccc1CNCCOC. The number of carbonyl (C=O) groups is 1. The lowest BCUT2D eigenvalue weighted by atomic mass is 10.2. The van der Waals surface area contributed by atoms with Gasteiger partial charge in [-0.3, -0.25) is 0 Å². The molecule has 0 amide bonds. The van der Waals surface area contributed by atoms with Gasteiger partial charge >= 0.3 is 5.97 Å². The van der Waals surface area contributed by atoms with Gasteiger partial charge in [0.05, 0.1) is 13.2 Å². The molecule has 1 rings (SSSR count). The molecule has 0 bridgehead atoms. The van der Waals surface area contributed by atoms with E-state index >= 15 is 0 Å². The highest BCUT2D eigenvalue weighted by Gasteiger charge is 2.06. The van der Waals surface area contributed by atoms with Crippen LogP contribution in [0.2, 0.25) is 0 Å². The first-order valence-corrected chi connectivity index (χ1v) is 6.34. The Morgan fingerprint density at radius 3 is 2.84 bits per heavy atom. The summed E-state index contributed by atoms with van der Waals surface area (Å²) in [5.41, 5.74) is 1.00. The maximum absolute atomic E-state index is 11.2. The van der Waals surface area contributed by atoms with Crippen LogP contribution in [0.15, 0.2) is 24.3 Å². The van der Waals surface area contributed by atoms with Crippen LogP contribution >= 0.6 is 0 Å². The Morgan fingerprint density at radius 1 is 1.32 bits per heavy atom. The van der Waals surface area contributed by atoms with Crippen molar-refractivity contribution in [2.24, 2.45) is 0 Å². The van der Waals surface area contributed by atoms with Crippen molar-refractivity contribution in [3.8, 4) is 5.75 Å². The molecule has 0 spiro atoms. The van der Waals surface area contributed by atoms with Gasteiger partial charge in [-0.25, -0.2) is 4.79 Å². The van der Waals surface area contributed by atoms with Crippen LogP contribution < -0.4 is 10.1 Å². The van der Waals surface area contributed by atoms with E-state index in [2.05, 4.69) is 5.32 Å². The molecule has 0 aliphatic carbocycles. The van der Waals surface area contributed by atoms with Gasteiger partial charge in [-0.1, -0.05) is 18.2 Å². The molecule has 1 aromatic rings. The normalized spacial score (nSPS) is 10.2. The van der Waals surface area contributed by atoms with Crippen LogP contribution in [0.5, 0.6) is 5.75 Å². The van der Waals surface area contributed by atoms with Gasteiger partial charge in [-0.2, -0.15) is 0 Å². The molecule has 0 fully saturated rings. The molecule has 0 unspecified atom stereocenters. The molecule has 5 heteroatoms. The summed E-state index contributed by atoms with van der Waals surface area (Å²) < 4.78 is 15.2. The molecule has 0 heterocycles. The van der Waals surface area contributed by atoms with Gasteiger partial charge in [0.15, 0.2) is 6.61 Å². The lowest BCUT2D eigenvalue weighted by Gasteiger charge is -2.11. The zero-order chi connectivity index (χ0) is 13.9.